The highest BCUT2D eigenvalue weighted by atomic mass is 35.5. The van der Waals surface area contributed by atoms with Gasteiger partial charge in [-0.15, -0.1) is 0 Å². The Balaban J connectivity index is 1.80. The van der Waals surface area contributed by atoms with Gasteiger partial charge >= 0.3 is 0 Å². The highest BCUT2D eigenvalue weighted by Crippen LogP contribution is 2.30. The van der Waals surface area contributed by atoms with Crippen LogP contribution in [0.3, 0.4) is 0 Å². The summed E-state index contributed by atoms with van der Waals surface area (Å²) < 4.78 is 29.1. The zero-order valence-electron chi connectivity index (χ0n) is 20.1. The minimum atomic E-state index is -4.00. The Morgan fingerprint density at radius 3 is 2.19 bits per heavy atom. The Morgan fingerprint density at radius 1 is 0.861 bits per heavy atom. The maximum Gasteiger partial charge on any atom is 0.264 e. The van der Waals surface area contributed by atoms with Gasteiger partial charge < -0.3 is 5.32 Å². The lowest BCUT2D eigenvalue weighted by molar-refractivity contribution is 0.102. The number of anilines is 2. The molecule has 1 amide bonds. The smallest absolute Gasteiger partial charge is 0.264 e. The van der Waals surface area contributed by atoms with Crippen molar-refractivity contribution < 1.29 is 13.2 Å². The predicted octanol–water partition coefficient (Wildman–Crippen LogP) is 6.86. The van der Waals surface area contributed by atoms with Crippen molar-refractivity contribution in [3.05, 3.63) is 124 Å². The third-order valence-electron chi connectivity index (χ3n) is 5.91. The van der Waals surface area contributed by atoms with Gasteiger partial charge in [-0.05, 0) is 66.9 Å². The molecule has 0 atom stereocenters. The van der Waals surface area contributed by atoms with Crippen molar-refractivity contribution >= 4 is 38.9 Å². The monoisotopic (exact) mass is 518 g/mol. The predicted molar refractivity (Wildman–Crippen MR) is 146 cm³/mol. The summed E-state index contributed by atoms with van der Waals surface area (Å²) in [5, 5.41) is 3.52. The molecule has 4 aromatic carbocycles. The molecule has 4 aromatic rings. The van der Waals surface area contributed by atoms with Gasteiger partial charge in [0.1, 0.15) is 0 Å². The molecule has 0 unspecified atom stereocenters. The van der Waals surface area contributed by atoms with Crippen LogP contribution in [0.1, 0.15) is 34.0 Å². The van der Waals surface area contributed by atoms with E-state index in [0.717, 1.165) is 23.1 Å². The second-order valence-electron chi connectivity index (χ2n) is 8.43. The number of carbonyl (C=O) groups is 1. The number of sulfonamides is 1. The molecule has 1 N–H and O–H groups in total. The van der Waals surface area contributed by atoms with Crippen LogP contribution in [-0.4, -0.2) is 14.3 Å². The number of rotatable bonds is 8. The molecule has 0 heterocycles. The number of hydrogen-bond acceptors (Lipinski definition) is 3. The number of nitrogens with one attached hydrogen (secondary N) is 1. The lowest BCUT2D eigenvalue weighted by Gasteiger charge is -2.27. The molecular weight excluding hydrogens is 492 g/mol. The van der Waals surface area contributed by atoms with Gasteiger partial charge in [0.25, 0.3) is 15.9 Å². The molecular formula is C29H27ClN2O3S. The van der Waals surface area contributed by atoms with Crippen LogP contribution in [0.4, 0.5) is 11.4 Å². The van der Waals surface area contributed by atoms with Crippen LogP contribution < -0.4 is 9.62 Å². The number of amides is 1. The fourth-order valence-electron chi connectivity index (χ4n) is 3.92. The van der Waals surface area contributed by atoms with E-state index >= 15 is 0 Å². The average Bonchev–Trinajstić information content (AvgIpc) is 2.89. The van der Waals surface area contributed by atoms with E-state index in [1.165, 1.54) is 4.31 Å². The van der Waals surface area contributed by atoms with Gasteiger partial charge in [0.15, 0.2) is 0 Å². The number of hydrogen-bond donors (Lipinski definition) is 1. The minimum absolute atomic E-state index is 0.0310. The lowest BCUT2D eigenvalue weighted by atomic mass is 10.1. The summed E-state index contributed by atoms with van der Waals surface area (Å²) >= 11 is 6.05. The molecule has 0 aliphatic rings. The summed E-state index contributed by atoms with van der Waals surface area (Å²) in [6, 6.07) is 28.0. The zero-order chi connectivity index (χ0) is 25.7. The SMILES string of the molecule is CCc1ccccc1NC(=O)c1ccccc1N(Cc1ccc(Cl)cc1)S(=O)(=O)c1ccc(C)cc1. The molecule has 0 aliphatic heterocycles. The summed E-state index contributed by atoms with van der Waals surface area (Å²) in [5.74, 6) is -0.383. The van der Waals surface area contributed by atoms with Gasteiger partial charge in [0.05, 0.1) is 22.7 Å². The quantitative estimate of drug-likeness (QED) is 0.277. The van der Waals surface area contributed by atoms with E-state index in [2.05, 4.69) is 5.32 Å². The first-order valence-electron chi connectivity index (χ1n) is 11.6. The van der Waals surface area contributed by atoms with Gasteiger partial charge in [0.2, 0.25) is 0 Å². The first-order valence-corrected chi connectivity index (χ1v) is 13.4. The summed E-state index contributed by atoms with van der Waals surface area (Å²) in [4.78, 5) is 13.6. The number of carbonyl (C=O) groups excluding carboxylic acids is 1. The fraction of sp³-hybridized carbons (Fsp3) is 0.138. The van der Waals surface area contributed by atoms with Crippen molar-refractivity contribution in [2.45, 2.75) is 31.7 Å². The molecule has 0 fully saturated rings. The molecule has 0 radical (unpaired) electrons. The standard InChI is InChI=1S/C29H27ClN2O3S/c1-3-23-8-4-6-10-27(23)31-29(33)26-9-5-7-11-28(26)32(20-22-14-16-24(30)17-15-22)36(34,35)25-18-12-21(2)13-19-25/h4-19H,3,20H2,1-2H3,(H,31,33). The van der Waals surface area contributed by atoms with Crippen LogP contribution in [0.5, 0.6) is 0 Å². The van der Waals surface area contributed by atoms with Crippen molar-refractivity contribution in [2.75, 3.05) is 9.62 Å². The van der Waals surface area contributed by atoms with E-state index in [1.807, 2.05) is 38.1 Å². The van der Waals surface area contributed by atoms with Crippen LogP contribution in [0.15, 0.2) is 102 Å². The number of nitrogens with zero attached hydrogens (tertiary/aromatic N) is 1. The van der Waals surface area contributed by atoms with Gasteiger partial charge in [0, 0.05) is 10.7 Å². The van der Waals surface area contributed by atoms with Gasteiger partial charge in [-0.2, -0.15) is 0 Å². The van der Waals surface area contributed by atoms with Gasteiger partial charge in [-0.1, -0.05) is 78.7 Å². The molecule has 0 aromatic heterocycles. The van der Waals surface area contributed by atoms with Crippen LogP contribution in [0.25, 0.3) is 0 Å². The third-order valence-corrected chi connectivity index (χ3v) is 7.94. The van der Waals surface area contributed by atoms with Crippen molar-refractivity contribution in [1.82, 2.24) is 0 Å². The topological polar surface area (TPSA) is 66.5 Å². The molecule has 0 saturated carbocycles. The molecule has 0 aliphatic carbocycles. The number of benzene rings is 4. The molecule has 0 spiro atoms. The Kier molecular flexibility index (Phi) is 7.77. The van der Waals surface area contributed by atoms with E-state index < -0.39 is 10.0 Å². The van der Waals surface area contributed by atoms with E-state index in [0.29, 0.717) is 16.4 Å². The van der Waals surface area contributed by atoms with Crippen LogP contribution in [0.2, 0.25) is 5.02 Å². The molecule has 4 rings (SSSR count). The maximum atomic E-state index is 13.9. The molecule has 5 nitrogen and oxygen atoms in total. The fourth-order valence-corrected chi connectivity index (χ4v) is 5.51. The first-order chi connectivity index (χ1) is 17.3. The van der Waals surface area contributed by atoms with Crippen LogP contribution >= 0.6 is 11.6 Å². The Bertz CT molecular complexity index is 1470. The van der Waals surface area contributed by atoms with Gasteiger partial charge in [-0.25, -0.2) is 8.42 Å². The summed E-state index contributed by atoms with van der Waals surface area (Å²) in [6.07, 6.45) is 0.753. The van der Waals surface area contributed by atoms with Crippen molar-refractivity contribution in [3.63, 3.8) is 0 Å². The molecule has 36 heavy (non-hydrogen) atoms. The van der Waals surface area contributed by atoms with E-state index in [1.54, 1.807) is 72.8 Å². The second-order valence-corrected chi connectivity index (χ2v) is 10.7. The Hall–Kier alpha value is -3.61. The Morgan fingerprint density at radius 2 is 1.50 bits per heavy atom. The molecule has 0 bridgehead atoms. The van der Waals surface area contributed by atoms with Crippen molar-refractivity contribution in [1.29, 1.82) is 0 Å². The minimum Gasteiger partial charge on any atom is -0.322 e. The highest BCUT2D eigenvalue weighted by molar-refractivity contribution is 7.92. The average molecular weight is 519 g/mol. The third kappa shape index (κ3) is 5.61. The van der Waals surface area contributed by atoms with Gasteiger partial charge in [-0.3, -0.25) is 9.10 Å². The molecule has 184 valence electrons. The number of aryl methyl sites for hydroxylation is 2. The Labute approximate surface area is 217 Å². The maximum absolute atomic E-state index is 13.9. The normalized spacial score (nSPS) is 11.2. The van der Waals surface area contributed by atoms with Crippen LogP contribution in [0, 0.1) is 6.92 Å². The highest BCUT2D eigenvalue weighted by Gasteiger charge is 2.28. The zero-order valence-corrected chi connectivity index (χ0v) is 21.7. The molecule has 0 saturated heterocycles. The van der Waals surface area contributed by atoms with E-state index in [4.69, 9.17) is 11.6 Å². The molecule has 7 heteroatoms. The van der Waals surface area contributed by atoms with Crippen molar-refractivity contribution in [2.24, 2.45) is 0 Å². The van der Waals surface area contributed by atoms with Crippen LogP contribution in [-0.2, 0) is 23.0 Å². The van der Waals surface area contributed by atoms with E-state index in [9.17, 15) is 13.2 Å². The van der Waals surface area contributed by atoms with E-state index in [-0.39, 0.29) is 22.9 Å². The number of para-hydroxylation sites is 2. The first kappa shape index (κ1) is 25.5. The number of halogens is 1. The lowest BCUT2D eigenvalue weighted by Crippen LogP contribution is -2.32. The second kappa shape index (κ2) is 11.0. The van der Waals surface area contributed by atoms with Crippen molar-refractivity contribution in [3.8, 4) is 0 Å². The largest absolute Gasteiger partial charge is 0.322 e. The summed E-state index contributed by atoms with van der Waals surface area (Å²) in [6.45, 7) is 3.94. The summed E-state index contributed by atoms with van der Waals surface area (Å²) in [5.41, 5.74) is 3.93. The summed E-state index contributed by atoms with van der Waals surface area (Å²) in [7, 11) is -4.00.